The molecular formula is C22H19N7O2. The summed E-state index contributed by atoms with van der Waals surface area (Å²) < 4.78 is 1.62. The highest BCUT2D eigenvalue weighted by Crippen LogP contribution is 2.30. The van der Waals surface area contributed by atoms with Crippen LogP contribution in [0.5, 0.6) is 0 Å². The second-order valence-corrected chi connectivity index (χ2v) is 7.68. The molecule has 9 heteroatoms. The van der Waals surface area contributed by atoms with Crippen LogP contribution in [0.4, 0.5) is 0 Å². The number of aromatic nitrogens is 6. The van der Waals surface area contributed by atoms with Crippen molar-refractivity contribution in [2.75, 3.05) is 0 Å². The number of nitrogens with one attached hydrogen (secondary N) is 1. The lowest BCUT2D eigenvalue weighted by Gasteiger charge is -2.36. The number of hydrogen-bond acceptors (Lipinski definition) is 7. The fourth-order valence-electron chi connectivity index (χ4n) is 3.94. The van der Waals surface area contributed by atoms with E-state index >= 15 is 0 Å². The van der Waals surface area contributed by atoms with Gasteiger partial charge >= 0.3 is 0 Å². The Bertz CT molecular complexity index is 1350. The van der Waals surface area contributed by atoms with E-state index in [0.29, 0.717) is 35.7 Å². The molecule has 0 fully saturated rings. The normalized spacial score (nSPS) is 17.8. The van der Waals surface area contributed by atoms with Gasteiger partial charge < -0.3 is 5.32 Å². The van der Waals surface area contributed by atoms with Gasteiger partial charge in [-0.2, -0.15) is 0 Å². The second kappa shape index (κ2) is 7.35. The summed E-state index contributed by atoms with van der Waals surface area (Å²) in [6.45, 7) is 2.44. The van der Waals surface area contributed by atoms with Crippen molar-refractivity contribution in [1.29, 1.82) is 0 Å². The first-order valence-electron chi connectivity index (χ1n) is 9.97. The summed E-state index contributed by atoms with van der Waals surface area (Å²) in [7, 11) is 0. The Balaban J connectivity index is 1.53. The molecule has 4 aromatic rings. The molecule has 1 N–H and O–H groups in total. The van der Waals surface area contributed by atoms with Gasteiger partial charge in [0.2, 0.25) is 0 Å². The number of carbonyl (C=O) groups is 1. The van der Waals surface area contributed by atoms with Crippen LogP contribution in [0.25, 0.3) is 22.4 Å². The van der Waals surface area contributed by atoms with Gasteiger partial charge in [0.05, 0.1) is 28.0 Å². The molecular weight excluding hydrogens is 394 g/mol. The van der Waals surface area contributed by atoms with Crippen LogP contribution in [0, 0.1) is 0 Å². The van der Waals surface area contributed by atoms with Crippen molar-refractivity contribution in [1.82, 2.24) is 34.8 Å². The third-order valence-electron chi connectivity index (χ3n) is 5.48. The zero-order valence-corrected chi connectivity index (χ0v) is 16.8. The van der Waals surface area contributed by atoms with E-state index in [1.807, 2.05) is 13.0 Å². The number of pyridine rings is 2. The van der Waals surface area contributed by atoms with E-state index in [4.69, 9.17) is 4.98 Å². The molecule has 1 aliphatic heterocycles. The van der Waals surface area contributed by atoms with E-state index in [1.54, 1.807) is 41.2 Å². The van der Waals surface area contributed by atoms with Crippen LogP contribution < -0.4 is 10.9 Å². The first-order chi connectivity index (χ1) is 15.0. The van der Waals surface area contributed by atoms with Gasteiger partial charge in [-0.05, 0) is 50.1 Å². The molecule has 1 unspecified atom stereocenters. The largest absolute Gasteiger partial charge is 0.338 e. The van der Waals surface area contributed by atoms with Gasteiger partial charge in [-0.25, -0.2) is 19.9 Å². The minimum Gasteiger partial charge on any atom is -0.338 e. The summed E-state index contributed by atoms with van der Waals surface area (Å²) in [6, 6.07) is 10.2. The van der Waals surface area contributed by atoms with E-state index in [-0.39, 0.29) is 17.2 Å². The molecule has 4 aromatic heterocycles. The number of rotatable bonds is 3. The fraction of sp³-hybridized carbons (Fsp3) is 0.227. The standard InChI is InChI=1S/C22H19N7O2/c1-22(28-20(31)17-6-5-14-16(26-17)4-2-9-24-14)8-3-11-29-19(30)12-18(27-21(22)29)15-7-10-23-13-25-15/h2,4-7,9-10,12-13H,3,8,11H2,1H3,(H,28,31). The highest BCUT2D eigenvalue weighted by molar-refractivity contribution is 5.94. The molecule has 0 radical (unpaired) electrons. The molecule has 0 bridgehead atoms. The van der Waals surface area contributed by atoms with Gasteiger partial charge in [0.1, 0.15) is 17.8 Å². The molecule has 154 valence electrons. The predicted molar refractivity (Wildman–Crippen MR) is 113 cm³/mol. The lowest BCUT2D eigenvalue weighted by molar-refractivity contribution is 0.0875. The Morgan fingerprint density at radius 1 is 1.06 bits per heavy atom. The van der Waals surface area contributed by atoms with Crippen LogP contribution in [0.2, 0.25) is 0 Å². The second-order valence-electron chi connectivity index (χ2n) is 7.68. The molecule has 5 heterocycles. The summed E-state index contributed by atoms with van der Waals surface area (Å²) in [4.78, 5) is 47.4. The van der Waals surface area contributed by atoms with Gasteiger partial charge in [-0.1, -0.05) is 0 Å². The quantitative estimate of drug-likeness (QED) is 0.547. The van der Waals surface area contributed by atoms with Gasteiger partial charge in [0.25, 0.3) is 11.5 Å². The number of amides is 1. The van der Waals surface area contributed by atoms with Crippen LogP contribution in [0.3, 0.4) is 0 Å². The molecule has 5 rings (SSSR count). The van der Waals surface area contributed by atoms with Crippen LogP contribution in [0.1, 0.15) is 36.1 Å². The van der Waals surface area contributed by atoms with Gasteiger partial charge in [0, 0.05) is 25.0 Å². The smallest absolute Gasteiger partial charge is 0.270 e. The third-order valence-corrected chi connectivity index (χ3v) is 5.48. The molecule has 31 heavy (non-hydrogen) atoms. The maximum Gasteiger partial charge on any atom is 0.270 e. The molecule has 0 saturated heterocycles. The molecule has 0 aromatic carbocycles. The Morgan fingerprint density at radius 2 is 1.97 bits per heavy atom. The summed E-state index contributed by atoms with van der Waals surface area (Å²) in [5, 5.41) is 3.06. The minimum atomic E-state index is -0.830. The molecule has 9 nitrogen and oxygen atoms in total. The SMILES string of the molecule is CC1(NC(=O)c2ccc3ncccc3n2)CCCn2c1nc(-c1ccncn1)cc2=O. The fourth-order valence-corrected chi connectivity index (χ4v) is 3.94. The minimum absolute atomic E-state index is 0.173. The van der Waals surface area contributed by atoms with Crippen molar-refractivity contribution in [3.63, 3.8) is 0 Å². The maximum atomic E-state index is 13.1. The van der Waals surface area contributed by atoms with E-state index in [9.17, 15) is 9.59 Å². The van der Waals surface area contributed by atoms with Gasteiger partial charge in [0.15, 0.2) is 0 Å². The Hall–Kier alpha value is -4.01. The average molecular weight is 413 g/mol. The molecule has 0 aliphatic carbocycles. The first kappa shape index (κ1) is 19.0. The van der Waals surface area contributed by atoms with Crippen LogP contribution in [0.15, 0.2) is 59.9 Å². The lowest BCUT2D eigenvalue weighted by Crippen LogP contribution is -2.50. The monoisotopic (exact) mass is 413 g/mol. The zero-order valence-electron chi connectivity index (χ0n) is 16.8. The predicted octanol–water partition coefficient (Wildman–Crippen LogP) is 2.08. The summed E-state index contributed by atoms with van der Waals surface area (Å²) >= 11 is 0. The molecule has 1 aliphatic rings. The van der Waals surface area contributed by atoms with Crippen LogP contribution >= 0.6 is 0 Å². The molecule has 1 atom stereocenters. The number of hydrogen-bond donors (Lipinski definition) is 1. The van der Waals surface area contributed by atoms with Crippen LogP contribution in [-0.2, 0) is 12.1 Å². The summed E-state index contributed by atoms with van der Waals surface area (Å²) in [5.41, 5.74) is 1.65. The summed E-state index contributed by atoms with van der Waals surface area (Å²) in [5.74, 6) is 0.180. The molecule has 0 spiro atoms. The van der Waals surface area contributed by atoms with Crippen LogP contribution in [-0.4, -0.2) is 35.4 Å². The Morgan fingerprint density at radius 3 is 2.81 bits per heavy atom. The summed E-state index contributed by atoms with van der Waals surface area (Å²) in [6.07, 6.45) is 6.08. The Kier molecular flexibility index (Phi) is 4.50. The Labute approximate surface area is 177 Å². The highest BCUT2D eigenvalue weighted by atomic mass is 16.2. The van der Waals surface area contributed by atoms with E-state index in [2.05, 4.69) is 25.3 Å². The molecule has 1 amide bonds. The first-order valence-corrected chi connectivity index (χ1v) is 9.97. The zero-order chi connectivity index (χ0) is 21.4. The van der Waals surface area contributed by atoms with Crippen molar-refractivity contribution in [2.45, 2.75) is 31.8 Å². The van der Waals surface area contributed by atoms with E-state index < -0.39 is 5.54 Å². The number of nitrogens with zero attached hydrogens (tertiary/aromatic N) is 6. The topological polar surface area (TPSA) is 116 Å². The van der Waals surface area contributed by atoms with Crippen molar-refractivity contribution < 1.29 is 4.79 Å². The van der Waals surface area contributed by atoms with Crippen molar-refractivity contribution >= 4 is 16.9 Å². The van der Waals surface area contributed by atoms with E-state index in [0.717, 1.165) is 11.9 Å². The third kappa shape index (κ3) is 3.43. The van der Waals surface area contributed by atoms with E-state index in [1.165, 1.54) is 12.4 Å². The number of fused-ring (bicyclic) bond motifs is 2. The number of carbonyl (C=O) groups excluding carboxylic acids is 1. The van der Waals surface area contributed by atoms with Crippen molar-refractivity contribution in [3.05, 3.63) is 77.0 Å². The van der Waals surface area contributed by atoms with Gasteiger partial charge in [-0.3, -0.25) is 19.1 Å². The van der Waals surface area contributed by atoms with Crippen molar-refractivity contribution in [2.24, 2.45) is 0 Å². The van der Waals surface area contributed by atoms with Crippen molar-refractivity contribution in [3.8, 4) is 11.4 Å². The maximum absolute atomic E-state index is 13.1. The molecule has 0 saturated carbocycles. The average Bonchev–Trinajstić information content (AvgIpc) is 2.80. The lowest BCUT2D eigenvalue weighted by atomic mass is 9.90. The highest BCUT2D eigenvalue weighted by Gasteiger charge is 2.37. The van der Waals surface area contributed by atoms with Gasteiger partial charge in [-0.15, -0.1) is 0 Å².